The van der Waals surface area contributed by atoms with Crippen LogP contribution in [0.15, 0.2) is 48.5 Å². The number of fused-ring (bicyclic) bond motifs is 1. The number of rotatable bonds is 7. The Kier molecular flexibility index (Phi) is 6.90. The summed E-state index contributed by atoms with van der Waals surface area (Å²) in [4.78, 5) is 4.69. The Morgan fingerprint density at radius 1 is 1.12 bits per heavy atom. The molecule has 9 heteroatoms. The van der Waals surface area contributed by atoms with E-state index in [2.05, 4.69) is 9.30 Å². The second-order valence-corrected chi connectivity index (χ2v) is 7.74. The van der Waals surface area contributed by atoms with Gasteiger partial charge in [-0.3, -0.25) is 0 Å². The zero-order chi connectivity index (χ0) is 23.4. The van der Waals surface area contributed by atoms with Crippen LogP contribution in [0.3, 0.4) is 0 Å². The van der Waals surface area contributed by atoms with Gasteiger partial charge in [0.05, 0.1) is 45.3 Å². The third-order valence-electron chi connectivity index (χ3n) is 5.41. The van der Waals surface area contributed by atoms with Crippen LogP contribution >= 0.6 is 0 Å². The van der Waals surface area contributed by atoms with E-state index < -0.39 is 12.1 Å². The molecule has 1 atom stereocenters. The van der Waals surface area contributed by atoms with Crippen LogP contribution in [0.1, 0.15) is 17.0 Å². The molecule has 0 aliphatic carbocycles. The summed E-state index contributed by atoms with van der Waals surface area (Å²) in [5.41, 5.74) is 3.60. The van der Waals surface area contributed by atoms with Crippen molar-refractivity contribution in [2.45, 2.75) is 39.0 Å². The second kappa shape index (κ2) is 9.84. The minimum atomic E-state index is -4.81. The molecule has 1 aromatic heterocycles. The number of aromatic nitrogens is 2. The molecular weight excluding hydrogens is 437 g/mol. The lowest BCUT2D eigenvalue weighted by atomic mass is 10.2. The molecule has 6 nitrogen and oxygen atoms in total. The van der Waals surface area contributed by atoms with Crippen molar-refractivity contribution in [3.8, 4) is 22.9 Å². The number of hydrogen-bond acceptors (Lipinski definition) is 5. The van der Waals surface area contributed by atoms with E-state index in [1.807, 2.05) is 37.3 Å². The third-order valence-corrected chi connectivity index (χ3v) is 5.41. The minimum absolute atomic E-state index is 0.0209. The zero-order valence-corrected chi connectivity index (χ0v) is 18.4. The fourth-order valence-electron chi connectivity index (χ4n) is 3.92. The second-order valence-electron chi connectivity index (χ2n) is 7.74. The summed E-state index contributed by atoms with van der Waals surface area (Å²) < 4.78 is 61.2. The van der Waals surface area contributed by atoms with Crippen LogP contribution in [0.5, 0.6) is 11.5 Å². The average Bonchev–Trinajstić information content (AvgIpc) is 2.95. The summed E-state index contributed by atoms with van der Waals surface area (Å²) >= 11 is 0. The van der Waals surface area contributed by atoms with E-state index in [0.29, 0.717) is 44.2 Å². The molecule has 2 aromatic carbocycles. The van der Waals surface area contributed by atoms with Crippen LogP contribution in [-0.2, 0) is 29.0 Å². The SMILES string of the molecule is COc1cc(-c2nc(C)c3n2C[C@@H](COCc2ccccc2)OCC3)ccc1OC(F)(F)F. The first-order chi connectivity index (χ1) is 15.8. The average molecular weight is 462 g/mol. The van der Waals surface area contributed by atoms with Crippen LogP contribution in [0.25, 0.3) is 11.4 Å². The molecule has 0 radical (unpaired) electrons. The number of ether oxygens (including phenoxy) is 4. The van der Waals surface area contributed by atoms with Crippen molar-refractivity contribution in [2.75, 3.05) is 20.3 Å². The molecule has 0 amide bonds. The summed E-state index contributed by atoms with van der Waals surface area (Å²) in [5, 5.41) is 0. The first-order valence-electron chi connectivity index (χ1n) is 10.6. The third kappa shape index (κ3) is 5.66. The number of hydrogen-bond donors (Lipinski definition) is 0. The largest absolute Gasteiger partial charge is 0.573 e. The van der Waals surface area contributed by atoms with Gasteiger partial charge in [-0.2, -0.15) is 0 Å². The highest BCUT2D eigenvalue weighted by Crippen LogP contribution is 2.36. The normalized spacial score (nSPS) is 16.2. The maximum atomic E-state index is 12.7. The van der Waals surface area contributed by atoms with Crippen molar-refractivity contribution < 1.29 is 32.1 Å². The first kappa shape index (κ1) is 23.1. The summed E-state index contributed by atoms with van der Waals surface area (Å²) in [7, 11) is 1.30. The first-order valence-corrected chi connectivity index (χ1v) is 10.6. The molecule has 2 heterocycles. The highest BCUT2D eigenvalue weighted by Gasteiger charge is 2.33. The van der Waals surface area contributed by atoms with Gasteiger partial charge < -0.3 is 23.5 Å². The molecule has 0 saturated carbocycles. The number of benzene rings is 2. The number of imidazole rings is 1. The van der Waals surface area contributed by atoms with E-state index in [0.717, 1.165) is 17.0 Å². The van der Waals surface area contributed by atoms with Crippen molar-refractivity contribution in [1.82, 2.24) is 9.55 Å². The minimum Gasteiger partial charge on any atom is -0.493 e. The van der Waals surface area contributed by atoms with E-state index >= 15 is 0 Å². The molecule has 1 aliphatic heterocycles. The van der Waals surface area contributed by atoms with Crippen molar-refractivity contribution in [3.05, 3.63) is 65.5 Å². The standard InChI is InChI=1S/C24H25F3N2O4/c1-16-20-10-11-32-19(15-31-14-17-6-4-3-5-7-17)13-29(20)23(28-16)18-8-9-21(22(12-18)30-2)33-24(25,26)27/h3-9,12,19H,10-11,13-15H2,1-2H3/t19-/m0/s1. The lowest BCUT2D eigenvalue weighted by molar-refractivity contribution is -0.275. The van der Waals surface area contributed by atoms with Gasteiger partial charge in [0.25, 0.3) is 0 Å². The molecule has 176 valence electrons. The lowest BCUT2D eigenvalue weighted by Gasteiger charge is -2.18. The predicted octanol–water partition coefficient (Wildman–Crippen LogP) is 4.92. The Bertz CT molecular complexity index is 1080. The maximum absolute atomic E-state index is 12.7. The number of methoxy groups -OCH3 is 1. The van der Waals surface area contributed by atoms with Gasteiger partial charge in [-0.15, -0.1) is 13.2 Å². The summed E-state index contributed by atoms with van der Waals surface area (Å²) in [6, 6.07) is 14.2. The molecule has 0 spiro atoms. The van der Waals surface area contributed by atoms with E-state index in [1.165, 1.54) is 19.2 Å². The van der Waals surface area contributed by atoms with Gasteiger partial charge in [-0.25, -0.2) is 4.98 Å². The van der Waals surface area contributed by atoms with E-state index in [4.69, 9.17) is 19.2 Å². The fourth-order valence-corrected chi connectivity index (χ4v) is 3.92. The molecule has 4 rings (SSSR count). The van der Waals surface area contributed by atoms with Crippen LogP contribution in [0.2, 0.25) is 0 Å². The molecule has 3 aromatic rings. The molecule has 0 saturated heterocycles. The van der Waals surface area contributed by atoms with E-state index in [-0.39, 0.29) is 11.9 Å². The molecule has 0 N–H and O–H groups in total. The summed E-state index contributed by atoms with van der Waals surface area (Å²) in [5.74, 6) is 0.217. The number of nitrogens with zero attached hydrogens (tertiary/aromatic N) is 2. The number of halogens is 3. The maximum Gasteiger partial charge on any atom is 0.573 e. The molecule has 33 heavy (non-hydrogen) atoms. The van der Waals surface area contributed by atoms with Gasteiger partial charge in [0.15, 0.2) is 11.5 Å². The van der Waals surface area contributed by atoms with Gasteiger partial charge in [-0.1, -0.05) is 30.3 Å². The van der Waals surface area contributed by atoms with Gasteiger partial charge in [0, 0.05) is 17.7 Å². The van der Waals surface area contributed by atoms with Crippen molar-refractivity contribution in [1.29, 1.82) is 0 Å². The Labute approximate surface area is 189 Å². The summed E-state index contributed by atoms with van der Waals surface area (Å²) in [6.45, 7) is 3.87. The van der Waals surface area contributed by atoms with Crippen molar-refractivity contribution >= 4 is 0 Å². The highest BCUT2D eigenvalue weighted by molar-refractivity contribution is 5.62. The number of aryl methyl sites for hydroxylation is 1. The van der Waals surface area contributed by atoms with Crippen LogP contribution in [-0.4, -0.2) is 42.3 Å². The van der Waals surface area contributed by atoms with Gasteiger partial charge in [0.1, 0.15) is 5.82 Å². The molecule has 0 fully saturated rings. The molecule has 0 unspecified atom stereocenters. The van der Waals surface area contributed by atoms with Crippen molar-refractivity contribution in [2.24, 2.45) is 0 Å². The Morgan fingerprint density at radius 3 is 2.64 bits per heavy atom. The monoisotopic (exact) mass is 462 g/mol. The van der Waals surface area contributed by atoms with Crippen molar-refractivity contribution in [3.63, 3.8) is 0 Å². The van der Waals surface area contributed by atoms with E-state index in [9.17, 15) is 13.2 Å². The van der Waals surface area contributed by atoms with Crippen LogP contribution < -0.4 is 9.47 Å². The highest BCUT2D eigenvalue weighted by atomic mass is 19.4. The number of alkyl halides is 3. The Balaban J connectivity index is 1.54. The summed E-state index contributed by atoms with van der Waals surface area (Å²) in [6.07, 6.45) is -4.31. The van der Waals surface area contributed by atoms with E-state index in [1.54, 1.807) is 6.07 Å². The predicted molar refractivity (Wildman–Crippen MR) is 115 cm³/mol. The zero-order valence-electron chi connectivity index (χ0n) is 18.4. The van der Waals surface area contributed by atoms with Crippen LogP contribution in [0, 0.1) is 6.92 Å². The Morgan fingerprint density at radius 2 is 1.91 bits per heavy atom. The lowest BCUT2D eigenvalue weighted by Crippen LogP contribution is -2.24. The van der Waals surface area contributed by atoms with Gasteiger partial charge in [0.2, 0.25) is 0 Å². The fraction of sp³-hybridized carbons (Fsp3) is 0.375. The molecule has 1 aliphatic rings. The molecular formula is C24H25F3N2O4. The van der Waals surface area contributed by atoms with Gasteiger partial charge >= 0.3 is 6.36 Å². The van der Waals surface area contributed by atoms with Gasteiger partial charge in [-0.05, 0) is 30.7 Å². The molecule has 0 bridgehead atoms. The Hall–Kier alpha value is -3.04. The topological polar surface area (TPSA) is 54.7 Å². The smallest absolute Gasteiger partial charge is 0.493 e. The quantitative estimate of drug-likeness (QED) is 0.499. The van der Waals surface area contributed by atoms with Crippen LogP contribution in [0.4, 0.5) is 13.2 Å².